The fourth-order valence-electron chi connectivity index (χ4n) is 1.58. The minimum absolute atomic E-state index is 0.300. The van der Waals surface area contributed by atoms with Gasteiger partial charge in [0.1, 0.15) is 11.3 Å². The zero-order chi connectivity index (χ0) is 9.97. The molecule has 74 valence electrons. The first-order valence-electron chi connectivity index (χ1n) is 4.74. The second-order valence-corrected chi connectivity index (χ2v) is 3.11. The van der Waals surface area contributed by atoms with Gasteiger partial charge in [-0.05, 0) is 18.6 Å². The van der Waals surface area contributed by atoms with Gasteiger partial charge in [0, 0.05) is 6.42 Å². The van der Waals surface area contributed by atoms with Crippen LogP contribution in [0.4, 0.5) is 0 Å². The van der Waals surface area contributed by atoms with Gasteiger partial charge in [0.25, 0.3) is 0 Å². The van der Waals surface area contributed by atoms with E-state index >= 15 is 0 Å². The molecule has 2 rings (SSSR count). The van der Waals surface area contributed by atoms with E-state index in [2.05, 4.69) is 0 Å². The standard InChI is InChI=1S/C11H12O3/c1-2-13-11(12)9-5-3-4-8-6-7-14-10(8)9/h3-5H,2,6-7H2,1H3. The van der Waals surface area contributed by atoms with E-state index in [0.29, 0.717) is 24.5 Å². The van der Waals surface area contributed by atoms with E-state index in [1.165, 1.54) is 0 Å². The molecule has 0 spiro atoms. The number of carbonyl (C=O) groups excluding carboxylic acids is 1. The molecule has 0 fully saturated rings. The van der Waals surface area contributed by atoms with E-state index < -0.39 is 0 Å². The first kappa shape index (κ1) is 9.06. The molecule has 3 heteroatoms. The number of carbonyl (C=O) groups is 1. The van der Waals surface area contributed by atoms with Crippen LogP contribution < -0.4 is 4.74 Å². The van der Waals surface area contributed by atoms with Crippen molar-refractivity contribution in [1.29, 1.82) is 0 Å². The molecule has 0 bridgehead atoms. The summed E-state index contributed by atoms with van der Waals surface area (Å²) in [7, 11) is 0. The Labute approximate surface area is 82.6 Å². The Kier molecular flexibility index (Phi) is 2.39. The quantitative estimate of drug-likeness (QED) is 0.670. The van der Waals surface area contributed by atoms with Crippen LogP contribution >= 0.6 is 0 Å². The van der Waals surface area contributed by atoms with Gasteiger partial charge in [-0.25, -0.2) is 4.79 Å². The van der Waals surface area contributed by atoms with Crippen LogP contribution in [0, 0.1) is 0 Å². The van der Waals surface area contributed by atoms with Crippen LogP contribution in [0.3, 0.4) is 0 Å². The van der Waals surface area contributed by atoms with E-state index in [9.17, 15) is 4.79 Å². The molecular weight excluding hydrogens is 180 g/mol. The molecule has 0 amide bonds. The topological polar surface area (TPSA) is 35.5 Å². The van der Waals surface area contributed by atoms with Crippen LogP contribution in [0.5, 0.6) is 5.75 Å². The molecule has 1 aliphatic heterocycles. The Balaban J connectivity index is 2.34. The fraction of sp³-hybridized carbons (Fsp3) is 0.364. The Hall–Kier alpha value is -1.51. The van der Waals surface area contributed by atoms with E-state index in [4.69, 9.17) is 9.47 Å². The van der Waals surface area contributed by atoms with Crippen molar-refractivity contribution >= 4 is 5.97 Å². The minimum Gasteiger partial charge on any atom is -0.492 e. The zero-order valence-electron chi connectivity index (χ0n) is 8.08. The normalized spacial score (nSPS) is 13.2. The number of hydrogen-bond acceptors (Lipinski definition) is 3. The number of esters is 1. The average molecular weight is 192 g/mol. The van der Waals surface area contributed by atoms with Gasteiger partial charge >= 0.3 is 5.97 Å². The van der Waals surface area contributed by atoms with Crippen LogP contribution in [0.15, 0.2) is 18.2 Å². The molecule has 0 radical (unpaired) electrons. The maximum Gasteiger partial charge on any atom is 0.341 e. The first-order valence-corrected chi connectivity index (χ1v) is 4.74. The highest BCUT2D eigenvalue weighted by Gasteiger charge is 2.20. The predicted octanol–water partition coefficient (Wildman–Crippen LogP) is 1.80. The molecule has 3 nitrogen and oxygen atoms in total. The molecule has 14 heavy (non-hydrogen) atoms. The van der Waals surface area contributed by atoms with Gasteiger partial charge in [-0.15, -0.1) is 0 Å². The van der Waals surface area contributed by atoms with E-state index in [1.807, 2.05) is 12.1 Å². The second kappa shape index (κ2) is 3.70. The van der Waals surface area contributed by atoms with Gasteiger partial charge in [-0.2, -0.15) is 0 Å². The molecule has 1 aliphatic rings. The summed E-state index contributed by atoms with van der Waals surface area (Å²) >= 11 is 0. The molecule has 0 saturated carbocycles. The summed E-state index contributed by atoms with van der Waals surface area (Å²) in [4.78, 5) is 11.5. The highest BCUT2D eigenvalue weighted by molar-refractivity contribution is 5.93. The highest BCUT2D eigenvalue weighted by Crippen LogP contribution is 2.29. The summed E-state index contributed by atoms with van der Waals surface area (Å²) in [5.41, 5.74) is 1.64. The maximum absolute atomic E-state index is 11.5. The third-order valence-corrected chi connectivity index (χ3v) is 2.21. The van der Waals surface area contributed by atoms with Gasteiger partial charge in [0.05, 0.1) is 13.2 Å². The Morgan fingerprint density at radius 2 is 2.43 bits per heavy atom. The molecule has 1 aromatic rings. The first-order chi connectivity index (χ1) is 6.83. The minimum atomic E-state index is -0.300. The Morgan fingerprint density at radius 3 is 3.21 bits per heavy atom. The maximum atomic E-state index is 11.5. The number of hydrogen-bond donors (Lipinski definition) is 0. The zero-order valence-corrected chi connectivity index (χ0v) is 8.08. The largest absolute Gasteiger partial charge is 0.492 e. The van der Waals surface area contributed by atoms with Gasteiger partial charge in [0.15, 0.2) is 0 Å². The van der Waals surface area contributed by atoms with Crippen LogP contribution in [-0.4, -0.2) is 19.2 Å². The second-order valence-electron chi connectivity index (χ2n) is 3.11. The van der Waals surface area contributed by atoms with E-state index in [-0.39, 0.29) is 5.97 Å². The fourth-order valence-corrected chi connectivity index (χ4v) is 1.58. The lowest BCUT2D eigenvalue weighted by molar-refractivity contribution is 0.0522. The molecule has 1 heterocycles. The smallest absolute Gasteiger partial charge is 0.341 e. The average Bonchev–Trinajstić information content (AvgIpc) is 2.65. The molecule has 0 N–H and O–H groups in total. The van der Waals surface area contributed by atoms with Crippen molar-refractivity contribution in [2.75, 3.05) is 13.2 Å². The van der Waals surface area contributed by atoms with Crippen LogP contribution in [-0.2, 0) is 11.2 Å². The van der Waals surface area contributed by atoms with Crippen molar-refractivity contribution in [1.82, 2.24) is 0 Å². The van der Waals surface area contributed by atoms with Crippen molar-refractivity contribution in [3.05, 3.63) is 29.3 Å². The molecule has 0 aromatic heterocycles. The summed E-state index contributed by atoms with van der Waals surface area (Å²) < 4.78 is 10.3. The number of fused-ring (bicyclic) bond motifs is 1. The number of benzene rings is 1. The van der Waals surface area contributed by atoms with Gasteiger partial charge in [0.2, 0.25) is 0 Å². The molecule has 0 aliphatic carbocycles. The van der Waals surface area contributed by atoms with Crippen molar-refractivity contribution in [2.45, 2.75) is 13.3 Å². The van der Waals surface area contributed by atoms with Crippen LogP contribution in [0.2, 0.25) is 0 Å². The summed E-state index contributed by atoms with van der Waals surface area (Å²) in [5.74, 6) is 0.400. The van der Waals surface area contributed by atoms with Gasteiger partial charge in [-0.3, -0.25) is 0 Å². The predicted molar refractivity (Wildman–Crippen MR) is 51.6 cm³/mol. The van der Waals surface area contributed by atoms with Gasteiger partial charge in [-0.1, -0.05) is 12.1 Å². The lowest BCUT2D eigenvalue weighted by Gasteiger charge is -2.06. The van der Waals surface area contributed by atoms with Crippen molar-refractivity contribution < 1.29 is 14.3 Å². The molecule has 1 aromatic carbocycles. The lowest BCUT2D eigenvalue weighted by Crippen LogP contribution is -2.06. The number of rotatable bonds is 2. The SMILES string of the molecule is CCOC(=O)c1cccc2c1OCC2. The lowest BCUT2D eigenvalue weighted by atomic mass is 10.1. The summed E-state index contributed by atoms with van der Waals surface area (Å²) in [5, 5.41) is 0. The van der Waals surface area contributed by atoms with E-state index in [0.717, 1.165) is 12.0 Å². The van der Waals surface area contributed by atoms with E-state index in [1.54, 1.807) is 13.0 Å². The summed E-state index contributed by atoms with van der Waals surface area (Å²) in [6.45, 7) is 2.84. The molecule has 0 saturated heterocycles. The summed E-state index contributed by atoms with van der Waals surface area (Å²) in [6, 6.07) is 5.58. The molecule has 0 atom stereocenters. The number of ether oxygens (including phenoxy) is 2. The van der Waals surface area contributed by atoms with Gasteiger partial charge < -0.3 is 9.47 Å². The molecule has 0 unspecified atom stereocenters. The van der Waals surface area contributed by atoms with Crippen LogP contribution in [0.25, 0.3) is 0 Å². The number of para-hydroxylation sites is 1. The van der Waals surface area contributed by atoms with Crippen molar-refractivity contribution in [2.24, 2.45) is 0 Å². The Bertz CT molecular complexity index is 358. The van der Waals surface area contributed by atoms with Crippen LogP contribution in [0.1, 0.15) is 22.8 Å². The van der Waals surface area contributed by atoms with Crippen molar-refractivity contribution in [3.8, 4) is 5.75 Å². The summed E-state index contributed by atoms with van der Waals surface area (Å²) in [6.07, 6.45) is 0.878. The highest BCUT2D eigenvalue weighted by atomic mass is 16.5. The van der Waals surface area contributed by atoms with Crippen molar-refractivity contribution in [3.63, 3.8) is 0 Å². The Morgan fingerprint density at radius 1 is 1.57 bits per heavy atom. The third kappa shape index (κ3) is 1.45. The monoisotopic (exact) mass is 192 g/mol. The third-order valence-electron chi connectivity index (χ3n) is 2.21. The molecular formula is C11H12O3.